The van der Waals surface area contributed by atoms with Crippen LogP contribution in [0.3, 0.4) is 0 Å². The number of allylic oxidation sites excluding steroid dienone is 9. The monoisotopic (exact) mass is 310 g/mol. The van der Waals surface area contributed by atoms with Crippen LogP contribution in [0.5, 0.6) is 0 Å². The zero-order chi connectivity index (χ0) is 14.8. The molecule has 0 aromatic heterocycles. The quantitative estimate of drug-likeness (QED) is 0.407. The SMILES string of the molecule is CC(C)=C/C=C(S)/C(C)=C/C=C(S)/C(C)=C/C=C\S. The first-order chi connectivity index (χ1) is 8.88. The smallest absolute Gasteiger partial charge is 0.00693 e. The van der Waals surface area contributed by atoms with Gasteiger partial charge in [0, 0.05) is 9.81 Å². The summed E-state index contributed by atoms with van der Waals surface area (Å²) in [5.41, 5.74) is 3.44. The fourth-order valence-electron chi connectivity index (χ4n) is 1.07. The molecule has 0 aromatic carbocycles. The molecule has 0 atom stereocenters. The van der Waals surface area contributed by atoms with Gasteiger partial charge in [0.25, 0.3) is 0 Å². The van der Waals surface area contributed by atoms with E-state index in [2.05, 4.69) is 51.7 Å². The van der Waals surface area contributed by atoms with Gasteiger partial charge in [0.05, 0.1) is 0 Å². The third-order valence-corrected chi connectivity index (χ3v) is 3.48. The van der Waals surface area contributed by atoms with Crippen LogP contribution in [-0.4, -0.2) is 0 Å². The molecule has 0 fully saturated rings. The van der Waals surface area contributed by atoms with E-state index in [0.717, 1.165) is 21.0 Å². The molecule has 0 amide bonds. The predicted octanol–water partition coefficient (Wildman–Crippen LogP) is 5.92. The lowest BCUT2D eigenvalue weighted by molar-refractivity contribution is 1.39. The second-order valence-corrected chi connectivity index (χ2v) is 5.65. The van der Waals surface area contributed by atoms with E-state index in [1.165, 1.54) is 5.57 Å². The highest BCUT2D eigenvalue weighted by atomic mass is 32.1. The van der Waals surface area contributed by atoms with Gasteiger partial charge in [0.15, 0.2) is 0 Å². The molecular formula is C16H22S3. The summed E-state index contributed by atoms with van der Waals surface area (Å²) in [5, 5.41) is 1.69. The Labute approximate surface area is 134 Å². The van der Waals surface area contributed by atoms with Crippen LogP contribution in [0.4, 0.5) is 0 Å². The Kier molecular flexibility index (Phi) is 10.0. The molecule has 0 aliphatic carbocycles. The van der Waals surface area contributed by atoms with Crippen molar-refractivity contribution in [3.8, 4) is 0 Å². The Morgan fingerprint density at radius 2 is 1.16 bits per heavy atom. The van der Waals surface area contributed by atoms with Crippen molar-refractivity contribution in [1.29, 1.82) is 0 Å². The van der Waals surface area contributed by atoms with Gasteiger partial charge in [-0.05, 0) is 56.4 Å². The van der Waals surface area contributed by atoms with Gasteiger partial charge in [0.2, 0.25) is 0 Å². The normalized spacial score (nSPS) is 15.1. The van der Waals surface area contributed by atoms with Crippen LogP contribution in [0, 0.1) is 0 Å². The number of thiol groups is 3. The average Bonchev–Trinajstić information content (AvgIpc) is 2.38. The first kappa shape index (κ1) is 18.5. The summed E-state index contributed by atoms with van der Waals surface area (Å²) in [5.74, 6) is 0. The fraction of sp³-hybridized carbons (Fsp3) is 0.250. The van der Waals surface area contributed by atoms with Crippen molar-refractivity contribution in [3.63, 3.8) is 0 Å². The lowest BCUT2D eigenvalue weighted by Gasteiger charge is -2.00. The molecule has 0 heterocycles. The van der Waals surface area contributed by atoms with Crippen LogP contribution in [0.2, 0.25) is 0 Å². The van der Waals surface area contributed by atoms with Crippen molar-refractivity contribution in [2.75, 3.05) is 0 Å². The maximum atomic E-state index is 4.47. The van der Waals surface area contributed by atoms with Crippen LogP contribution >= 0.6 is 37.9 Å². The molecule has 0 aromatic rings. The summed E-state index contributed by atoms with van der Waals surface area (Å²) < 4.78 is 0. The largest absolute Gasteiger partial charge is 0.151 e. The van der Waals surface area contributed by atoms with E-state index in [4.69, 9.17) is 0 Å². The molecule has 0 spiro atoms. The highest BCUT2D eigenvalue weighted by molar-refractivity contribution is 7.85. The Morgan fingerprint density at radius 3 is 1.63 bits per heavy atom. The maximum Gasteiger partial charge on any atom is 0.00693 e. The van der Waals surface area contributed by atoms with Crippen molar-refractivity contribution in [3.05, 3.63) is 68.4 Å². The number of rotatable bonds is 5. The number of hydrogen-bond acceptors (Lipinski definition) is 3. The first-order valence-corrected chi connectivity index (χ1v) is 7.39. The van der Waals surface area contributed by atoms with E-state index in [9.17, 15) is 0 Å². The molecule has 0 rings (SSSR count). The summed E-state index contributed by atoms with van der Waals surface area (Å²) in [6.07, 6.45) is 11.9. The Morgan fingerprint density at radius 1 is 0.684 bits per heavy atom. The van der Waals surface area contributed by atoms with Crippen molar-refractivity contribution < 1.29 is 0 Å². The van der Waals surface area contributed by atoms with Gasteiger partial charge in [-0.15, -0.1) is 25.3 Å². The van der Waals surface area contributed by atoms with Crippen molar-refractivity contribution >= 4 is 37.9 Å². The zero-order valence-corrected chi connectivity index (χ0v) is 14.6. The predicted molar refractivity (Wildman–Crippen MR) is 99.2 cm³/mol. The molecule has 3 heteroatoms. The van der Waals surface area contributed by atoms with E-state index >= 15 is 0 Å². The van der Waals surface area contributed by atoms with Gasteiger partial charge in [-0.1, -0.05) is 29.9 Å². The summed E-state index contributed by atoms with van der Waals surface area (Å²) >= 11 is 12.9. The van der Waals surface area contributed by atoms with E-state index in [1.54, 1.807) is 5.41 Å². The zero-order valence-electron chi connectivity index (χ0n) is 11.9. The molecule has 0 aliphatic rings. The third-order valence-electron chi connectivity index (χ3n) is 2.31. The van der Waals surface area contributed by atoms with Crippen LogP contribution in [0.1, 0.15) is 27.7 Å². The molecule has 0 saturated heterocycles. The Balaban J connectivity index is 4.97. The van der Waals surface area contributed by atoms with Crippen molar-refractivity contribution in [2.45, 2.75) is 27.7 Å². The summed E-state index contributed by atoms with van der Waals surface area (Å²) in [7, 11) is 0. The van der Waals surface area contributed by atoms with Crippen molar-refractivity contribution in [2.24, 2.45) is 0 Å². The lowest BCUT2D eigenvalue weighted by atomic mass is 10.2. The van der Waals surface area contributed by atoms with E-state index in [-0.39, 0.29) is 0 Å². The molecule has 0 unspecified atom stereocenters. The average molecular weight is 311 g/mol. The third kappa shape index (κ3) is 9.09. The highest BCUT2D eigenvalue weighted by Gasteiger charge is 1.94. The second-order valence-electron chi connectivity index (χ2n) is 4.39. The van der Waals surface area contributed by atoms with Gasteiger partial charge in [0.1, 0.15) is 0 Å². The highest BCUT2D eigenvalue weighted by Crippen LogP contribution is 2.18. The molecule has 0 aliphatic heterocycles. The Hall–Kier alpha value is -0.510. The number of hydrogen-bond donors (Lipinski definition) is 3. The van der Waals surface area contributed by atoms with E-state index in [0.29, 0.717) is 0 Å². The topological polar surface area (TPSA) is 0 Å². The minimum absolute atomic E-state index is 0.925. The van der Waals surface area contributed by atoms with Gasteiger partial charge < -0.3 is 0 Å². The molecule has 19 heavy (non-hydrogen) atoms. The van der Waals surface area contributed by atoms with E-state index < -0.39 is 0 Å². The van der Waals surface area contributed by atoms with Crippen LogP contribution < -0.4 is 0 Å². The minimum Gasteiger partial charge on any atom is -0.151 e. The lowest BCUT2D eigenvalue weighted by Crippen LogP contribution is -1.78. The second kappa shape index (κ2) is 10.3. The first-order valence-electron chi connectivity index (χ1n) is 5.98. The standard InChI is InChI=1S/C16H22S3/c1-12(2)7-9-15(18)14(4)8-10-16(19)13(3)6-5-11-17/h5-11,17-19H,1-4H3/b11-5-,13-6+,14-8+,15-9-,16-10-. The van der Waals surface area contributed by atoms with Gasteiger partial charge >= 0.3 is 0 Å². The summed E-state index contributed by atoms with van der Waals surface area (Å²) in [4.78, 5) is 1.88. The molecule has 0 bridgehead atoms. The summed E-state index contributed by atoms with van der Waals surface area (Å²) in [6.45, 7) is 8.16. The van der Waals surface area contributed by atoms with Gasteiger partial charge in [-0.2, -0.15) is 12.6 Å². The molecule has 0 N–H and O–H groups in total. The van der Waals surface area contributed by atoms with Crippen molar-refractivity contribution in [1.82, 2.24) is 0 Å². The summed E-state index contributed by atoms with van der Waals surface area (Å²) in [6, 6.07) is 0. The Bertz CT molecular complexity index is 468. The van der Waals surface area contributed by atoms with Gasteiger partial charge in [-0.3, -0.25) is 0 Å². The molecule has 0 nitrogen and oxygen atoms in total. The molecule has 0 radical (unpaired) electrons. The fourth-order valence-corrected chi connectivity index (χ4v) is 1.45. The van der Waals surface area contributed by atoms with Crippen LogP contribution in [-0.2, 0) is 0 Å². The van der Waals surface area contributed by atoms with Crippen LogP contribution in [0.25, 0.3) is 0 Å². The molecule has 104 valence electrons. The van der Waals surface area contributed by atoms with Gasteiger partial charge in [-0.25, -0.2) is 0 Å². The maximum absolute atomic E-state index is 4.47. The minimum atomic E-state index is 0.925. The molecule has 0 saturated carbocycles. The van der Waals surface area contributed by atoms with E-state index in [1.807, 2.05) is 50.3 Å². The molecular weight excluding hydrogens is 288 g/mol. The van der Waals surface area contributed by atoms with Crippen LogP contribution in [0.15, 0.2) is 68.4 Å².